The minimum Gasteiger partial charge on any atom is -0.496 e. The molecule has 2 rings (SSSR count). The lowest BCUT2D eigenvalue weighted by Gasteiger charge is -2.15. The molecule has 0 amide bonds. The van der Waals surface area contributed by atoms with E-state index in [9.17, 15) is 0 Å². The van der Waals surface area contributed by atoms with E-state index in [2.05, 4.69) is 6.07 Å². The average molecular weight is 205 g/mol. The molecule has 0 aliphatic heterocycles. The summed E-state index contributed by atoms with van der Waals surface area (Å²) in [5.41, 5.74) is 7.31. The van der Waals surface area contributed by atoms with Gasteiger partial charge in [0.15, 0.2) is 0 Å². The van der Waals surface area contributed by atoms with Crippen LogP contribution < -0.4 is 10.5 Å². The number of para-hydroxylation sites is 1. The van der Waals surface area contributed by atoms with Gasteiger partial charge in [0.1, 0.15) is 5.75 Å². The second kappa shape index (κ2) is 4.67. The van der Waals surface area contributed by atoms with E-state index in [-0.39, 0.29) is 6.04 Å². The third kappa shape index (κ3) is 2.72. The van der Waals surface area contributed by atoms with Gasteiger partial charge in [-0.25, -0.2) is 0 Å². The van der Waals surface area contributed by atoms with Crippen molar-refractivity contribution in [2.75, 3.05) is 7.11 Å². The Morgan fingerprint density at radius 3 is 2.80 bits per heavy atom. The molecule has 82 valence electrons. The van der Waals surface area contributed by atoms with Crippen LogP contribution in [-0.2, 0) is 0 Å². The van der Waals surface area contributed by atoms with Crippen LogP contribution in [-0.4, -0.2) is 7.11 Å². The average Bonchev–Trinajstić information content (AvgIpc) is 3.09. The maximum atomic E-state index is 6.17. The third-order valence-corrected chi connectivity index (χ3v) is 3.12. The quantitative estimate of drug-likeness (QED) is 0.802. The minimum absolute atomic E-state index is 0.127. The van der Waals surface area contributed by atoms with Crippen LogP contribution >= 0.6 is 0 Å². The molecule has 1 unspecified atom stereocenters. The number of nitrogens with two attached hydrogens (primary N) is 1. The molecule has 1 aliphatic carbocycles. The molecule has 15 heavy (non-hydrogen) atoms. The molecule has 2 nitrogen and oxygen atoms in total. The first-order valence-corrected chi connectivity index (χ1v) is 5.69. The number of ether oxygens (including phenoxy) is 1. The highest BCUT2D eigenvalue weighted by molar-refractivity contribution is 5.35. The Morgan fingerprint density at radius 1 is 1.40 bits per heavy atom. The highest BCUT2D eigenvalue weighted by Crippen LogP contribution is 2.36. The summed E-state index contributed by atoms with van der Waals surface area (Å²) in [5.74, 6) is 1.87. The van der Waals surface area contributed by atoms with Gasteiger partial charge in [0.05, 0.1) is 7.11 Å². The zero-order chi connectivity index (χ0) is 10.7. The normalized spacial score (nSPS) is 17.5. The lowest BCUT2D eigenvalue weighted by molar-refractivity contribution is 0.403. The van der Waals surface area contributed by atoms with Gasteiger partial charge >= 0.3 is 0 Å². The van der Waals surface area contributed by atoms with Crippen LogP contribution in [0.25, 0.3) is 0 Å². The second-order valence-corrected chi connectivity index (χ2v) is 4.37. The largest absolute Gasteiger partial charge is 0.496 e. The Kier molecular flexibility index (Phi) is 3.27. The summed E-state index contributed by atoms with van der Waals surface area (Å²) < 4.78 is 5.31. The number of hydrogen-bond acceptors (Lipinski definition) is 2. The monoisotopic (exact) mass is 205 g/mol. The van der Waals surface area contributed by atoms with E-state index in [1.165, 1.54) is 19.3 Å². The van der Waals surface area contributed by atoms with Gasteiger partial charge in [-0.15, -0.1) is 0 Å². The Balaban J connectivity index is 1.98. The lowest BCUT2D eigenvalue weighted by atomic mass is 10.0. The van der Waals surface area contributed by atoms with E-state index < -0.39 is 0 Å². The van der Waals surface area contributed by atoms with Crippen molar-refractivity contribution in [1.82, 2.24) is 0 Å². The van der Waals surface area contributed by atoms with Crippen LogP contribution in [0.1, 0.15) is 37.3 Å². The van der Waals surface area contributed by atoms with Gasteiger partial charge < -0.3 is 10.5 Å². The first kappa shape index (κ1) is 10.5. The molecule has 1 fully saturated rings. The van der Waals surface area contributed by atoms with Crippen molar-refractivity contribution in [1.29, 1.82) is 0 Å². The van der Waals surface area contributed by atoms with Crippen molar-refractivity contribution >= 4 is 0 Å². The maximum absolute atomic E-state index is 6.17. The summed E-state index contributed by atoms with van der Waals surface area (Å²) in [6.45, 7) is 0. The van der Waals surface area contributed by atoms with Crippen LogP contribution in [0.5, 0.6) is 5.75 Å². The summed E-state index contributed by atoms with van der Waals surface area (Å²) >= 11 is 0. The minimum atomic E-state index is 0.127. The van der Waals surface area contributed by atoms with Gasteiger partial charge in [-0.1, -0.05) is 31.0 Å². The predicted octanol–water partition coefficient (Wildman–Crippen LogP) is 2.89. The van der Waals surface area contributed by atoms with E-state index in [0.717, 1.165) is 23.7 Å². The number of methoxy groups -OCH3 is 1. The summed E-state index contributed by atoms with van der Waals surface area (Å²) in [4.78, 5) is 0. The van der Waals surface area contributed by atoms with Gasteiger partial charge in [0.25, 0.3) is 0 Å². The summed E-state index contributed by atoms with van der Waals surface area (Å²) in [7, 11) is 1.70. The van der Waals surface area contributed by atoms with Gasteiger partial charge in [-0.2, -0.15) is 0 Å². The van der Waals surface area contributed by atoms with Crippen LogP contribution in [0.3, 0.4) is 0 Å². The Bertz CT molecular complexity index is 320. The van der Waals surface area contributed by atoms with Crippen molar-refractivity contribution in [2.45, 2.75) is 31.7 Å². The molecule has 0 bridgehead atoms. The first-order valence-electron chi connectivity index (χ1n) is 5.69. The fourth-order valence-corrected chi connectivity index (χ4v) is 1.95. The van der Waals surface area contributed by atoms with Crippen LogP contribution in [0, 0.1) is 5.92 Å². The first-order chi connectivity index (χ1) is 7.31. The second-order valence-electron chi connectivity index (χ2n) is 4.37. The van der Waals surface area contributed by atoms with Crippen molar-refractivity contribution in [3.63, 3.8) is 0 Å². The van der Waals surface area contributed by atoms with E-state index in [1.54, 1.807) is 7.11 Å². The Labute approximate surface area is 91.4 Å². The van der Waals surface area contributed by atoms with E-state index >= 15 is 0 Å². The molecule has 1 atom stereocenters. The highest BCUT2D eigenvalue weighted by Gasteiger charge is 2.22. The zero-order valence-electron chi connectivity index (χ0n) is 9.28. The van der Waals surface area contributed by atoms with E-state index in [4.69, 9.17) is 10.5 Å². The van der Waals surface area contributed by atoms with Gasteiger partial charge in [0.2, 0.25) is 0 Å². The molecule has 0 saturated heterocycles. The van der Waals surface area contributed by atoms with E-state index in [0.29, 0.717) is 0 Å². The molecule has 2 heteroatoms. The topological polar surface area (TPSA) is 35.2 Å². The van der Waals surface area contributed by atoms with Gasteiger partial charge in [-0.05, 0) is 24.8 Å². The van der Waals surface area contributed by atoms with Crippen molar-refractivity contribution in [2.24, 2.45) is 11.7 Å². The van der Waals surface area contributed by atoms with Crippen molar-refractivity contribution in [3.05, 3.63) is 29.8 Å². The van der Waals surface area contributed by atoms with Crippen LogP contribution in [0.15, 0.2) is 24.3 Å². The third-order valence-electron chi connectivity index (χ3n) is 3.12. The molecule has 0 radical (unpaired) electrons. The summed E-state index contributed by atoms with van der Waals surface area (Å²) in [6, 6.07) is 8.18. The molecule has 2 N–H and O–H groups in total. The summed E-state index contributed by atoms with van der Waals surface area (Å²) in [5, 5.41) is 0. The Hall–Kier alpha value is -1.02. The molecule has 0 aromatic heterocycles. The van der Waals surface area contributed by atoms with E-state index in [1.807, 2.05) is 18.2 Å². The van der Waals surface area contributed by atoms with Crippen LogP contribution in [0.4, 0.5) is 0 Å². The number of rotatable bonds is 5. The van der Waals surface area contributed by atoms with Gasteiger partial charge in [-0.3, -0.25) is 0 Å². The smallest absolute Gasteiger partial charge is 0.123 e. The molecule has 1 saturated carbocycles. The predicted molar refractivity (Wildman–Crippen MR) is 61.9 cm³/mol. The molecule has 1 aromatic carbocycles. The molecule has 1 aliphatic rings. The fraction of sp³-hybridized carbons (Fsp3) is 0.538. The Morgan fingerprint density at radius 2 is 2.13 bits per heavy atom. The van der Waals surface area contributed by atoms with Crippen LogP contribution in [0.2, 0.25) is 0 Å². The van der Waals surface area contributed by atoms with Crippen molar-refractivity contribution < 1.29 is 4.74 Å². The SMILES string of the molecule is COc1ccccc1C(N)CCC1CC1. The fourth-order valence-electron chi connectivity index (χ4n) is 1.95. The maximum Gasteiger partial charge on any atom is 0.123 e. The van der Waals surface area contributed by atoms with Gasteiger partial charge in [0, 0.05) is 11.6 Å². The lowest BCUT2D eigenvalue weighted by Crippen LogP contribution is -2.11. The number of hydrogen-bond donors (Lipinski definition) is 1. The molecule has 1 aromatic rings. The highest BCUT2D eigenvalue weighted by atomic mass is 16.5. The standard InChI is InChI=1S/C13H19NO/c1-15-13-5-3-2-4-11(13)12(14)9-8-10-6-7-10/h2-5,10,12H,6-9,14H2,1H3. The molecular formula is C13H19NO. The zero-order valence-corrected chi connectivity index (χ0v) is 9.28. The number of benzene rings is 1. The molecule has 0 heterocycles. The molecular weight excluding hydrogens is 186 g/mol. The molecule has 0 spiro atoms. The van der Waals surface area contributed by atoms with Crippen molar-refractivity contribution in [3.8, 4) is 5.75 Å². The summed E-state index contributed by atoms with van der Waals surface area (Å²) in [6.07, 6.45) is 5.14.